The summed E-state index contributed by atoms with van der Waals surface area (Å²) in [6, 6.07) is 0. The molecule has 5 nitrogen and oxygen atoms in total. The van der Waals surface area contributed by atoms with Gasteiger partial charge in [0.1, 0.15) is 5.01 Å². The van der Waals surface area contributed by atoms with Crippen molar-refractivity contribution < 1.29 is 4.79 Å². The lowest BCUT2D eigenvalue weighted by Crippen LogP contribution is -2.46. The SMILES string of the molecule is CC(C)(C)c1nnc(N2CCCC(C(=O)N3CCCCC3)C2)s1. The van der Waals surface area contributed by atoms with Crippen LogP contribution in [0.25, 0.3) is 0 Å². The quantitative estimate of drug-likeness (QED) is 0.833. The van der Waals surface area contributed by atoms with E-state index in [1.165, 1.54) is 6.42 Å². The monoisotopic (exact) mass is 336 g/mol. The Morgan fingerprint density at radius 1 is 1.09 bits per heavy atom. The summed E-state index contributed by atoms with van der Waals surface area (Å²) < 4.78 is 0. The fourth-order valence-corrected chi connectivity index (χ4v) is 4.31. The fraction of sp³-hybridized carbons (Fsp3) is 0.824. The molecule has 3 rings (SSSR count). The molecule has 1 unspecified atom stereocenters. The van der Waals surface area contributed by atoms with Crippen molar-refractivity contribution in [2.75, 3.05) is 31.1 Å². The molecule has 2 fully saturated rings. The molecule has 6 heteroatoms. The van der Waals surface area contributed by atoms with Gasteiger partial charge >= 0.3 is 0 Å². The van der Waals surface area contributed by atoms with Gasteiger partial charge in [-0.25, -0.2) is 0 Å². The number of carbonyl (C=O) groups is 1. The van der Waals surface area contributed by atoms with Gasteiger partial charge in [-0.2, -0.15) is 0 Å². The van der Waals surface area contributed by atoms with Crippen LogP contribution in [-0.2, 0) is 10.2 Å². The summed E-state index contributed by atoms with van der Waals surface area (Å²) >= 11 is 1.67. The molecule has 1 amide bonds. The summed E-state index contributed by atoms with van der Waals surface area (Å²) in [6.45, 7) is 10.2. The molecule has 3 heterocycles. The van der Waals surface area contributed by atoms with Crippen LogP contribution in [0.15, 0.2) is 0 Å². The number of hydrogen-bond donors (Lipinski definition) is 0. The van der Waals surface area contributed by atoms with E-state index < -0.39 is 0 Å². The Labute approximate surface area is 143 Å². The number of hydrogen-bond acceptors (Lipinski definition) is 5. The molecule has 1 aromatic heterocycles. The highest BCUT2D eigenvalue weighted by Gasteiger charge is 2.31. The van der Waals surface area contributed by atoms with E-state index in [0.717, 1.165) is 62.0 Å². The Morgan fingerprint density at radius 2 is 1.83 bits per heavy atom. The minimum absolute atomic E-state index is 0.0364. The lowest BCUT2D eigenvalue weighted by atomic mass is 9.96. The minimum atomic E-state index is 0.0364. The molecule has 0 aliphatic carbocycles. The van der Waals surface area contributed by atoms with Crippen molar-refractivity contribution in [2.24, 2.45) is 5.92 Å². The molecule has 0 spiro atoms. The number of anilines is 1. The molecule has 0 aromatic carbocycles. The van der Waals surface area contributed by atoms with Gasteiger partial charge in [-0.3, -0.25) is 4.79 Å². The number of rotatable bonds is 2. The number of amides is 1. The lowest BCUT2D eigenvalue weighted by molar-refractivity contribution is -0.136. The molecular weight excluding hydrogens is 308 g/mol. The predicted octanol–water partition coefficient (Wildman–Crippen LogP) is 3.06. The van der Waals surface area contributed by atoms with Gasteiger partial charge in [-0.1, -0.05) is 32.1 Å². The second-order valence-electron chi connectivity index (χ2n) is 7.81. The van der Waals surface area contributed by atoms with E-state index in [4.69, 9.17) is 0 Å². The first-order chi connectivity index (χ1) is 10.9. The third kappa shape index (κ3) is 3.84. The van der Waals surface area contributed by atoms with Crippen LogP contribution in [0.3, 0.4) is 0 Å². The number of carbonyl (C=O) groups excluding carboxylic acids is 1. The second kappa shape index (κ2) is 6.75. The lowest BCUT2D eigenvalue weighted by Gasteiger charge is -2.36. The molecule has 0 N–H and O–H groups in total. The highest BCUT2D eigenvalue weighted by Crippen LogP contribution is 2.32. The molecule has 2 aliphatic heterocycles. The standard InChI is InChI=1S/C17H28N4OS/c1-17(2,3)15-18-19-16(23-15)21-11-7-8-13(12-21)14(22)20-9-5-4-6-10-20/h13H,4-12H2,1-3H3. The van der Waals surface area contributed by atoms with Crippen molar-refractivity contribution >= 4 is 22.4 Å². The number of nitrogens with zero attached hydrogens (tertiary/aromatic N) is 4. The van der Waals surface area contributed by atoms with Crippen LogP contribution >= 0.6 is 11.3 Å². The van der Waals surface area contributed by atoms with Crippen LogP contribution in [-0.4, -0.2) is 47.2 Å². The van der Waals surface area contributed by atoms with Gasteiger partial charge in [0, 0.05) is 31.6 Å². The molecule has 23 heavy (non-hydrogen) atoms. The maximum atomic E-state index is 12.8. The van der Waals surface area contributed by atoms with Gasteiger partial charge in [-0.05, 0) is 32.1 Å². The van der Waals surface area contributed by atoms with Gasteiger partial charge in [0.05, 0.1) is 5.92 Å². The van der Waals surface area contributed by atoms with E-state index in [2.05, 4.69) is 40.8 Å². The summed E-state index contributed by atoms with van der Waals surface area (Å²) in [7, 11) is 0. The summed E-state index contributed by atoms with van der Waals surface area (Å²) in [4.78, 5) is 17.1. The second-order valence-corrected chi connectivity index (χ2v) is 8.77. The van der Waals surface area contributed by atoms with Crippen molar-refractivity contribution in [3.8, 4) is 0 Å². The number of likely N-dealkylation sites (tertiary alicyclic amines) is 1. The first-order valence-electron chi connectivity index (χ1n) is 8.83. The summed E-state index contributed by atoms with van der Waals surface area (Å²) in [5.41, 5.74) is 0.0364. The van der Waals surface area contributed by atoms with Crippen molar-refractivity contribution in [1.29, 1.82) is 0 Å². The molecule has 0 radical (unpaired) electrons. The third-order valence-corrected chi connectivity index (χ3v) is 6.17. The molecule has 1 aromatic rings. The van der Waals surface area contributed by atoms with E-state index in [1.807, 2.05) is 0 Å². The van der Waals surface area contributed by atoms with Gasteiger partial charge in [0.25, 0.3) is 0 Å². The average molecular weight is 337 g/mol. The summed E-state index contributed by atoms with van der Waals surface area (Å²) in [5.74, 6) is 0.485. The maximum absolute atomic E-state index is 12.8. The zero-order valence-corrected chi connectivity index (χ0v) is 15.4. The Bertz CT molecular complexity index is 545. The van der Waals surface area contributed by atoms with E-state index in [1.54, 1.807) is 11.3 Å². The highest BCUT2D eigenvalue weighted by molar-refractivity contribution is 7.15. The summed E-state index contributed by atoms with van der Waals surface area (Å²) in [6.07, 6.45) is 5.66. The number of aromatic nitrogens is 2. The topological polar surface area (TPSA) is 49.3 Å². The fourth-order valence-electron chi connectivity index (χ4n) is 3.37. The highest BCUT2D eigenvalue weighted by atomic mass is 32.1. The average Bonchev–Trinajstić information content (AvgIpc) is 3.05. The largest absolute Gasteiger partial charge is 0.346 e. The van der Waals surface area contributed by atoms with Crippen LogP contribution in [0.5, 0.6) is 0 Å². The van der Waals surface area contributed by atoms with Crippen LogP contribution in [0, 0.1) is 5.92 Å². The van der Waals surface area contributed by atoms with E-state index in [9.17, 15) is 4.79 Å². The van der Waals surface area contributed by atoms with Crippen molar-refractivity contribution in [1.82, 2.24) is 15.1 Å². The number of piperidine rings is 2. The van der Waals surface area contributed by atoms with E-state index >= 15 is 0 Å². The van der Waals surface area contributed by atoms with Crippen LogP contribution < -0.4 is 4.90 Å². The molecule has 1 atom stereocenters. The Kier molecular flexibility index (Phi) is 4.90. The molecular formula is C17H28N4OS. The Morgan fingerprint density at radius 3 is 2.48 bits per heavy atom. The van der Waals surface area contributed by atoms with Gasteiger partial charge < -0.3 is 9.80 Å². The molecule has 128 valence electrons. The van der Waals surface area contributed by atoms with Gasteiger partial charge in [-0.15, -0.1) is 10.2 Å². The molecule has 2 aliphatic rings. The van der Waals surface area contributed by atoms with Crippen molar-refractivity contribution in [3.63, 3.8) is 0 Å². The smallest absolute Gasteiger partial charge is 0.227 e. The van der Waals surface area contributed by atoms with Gasteiger partial charge in [0.15, 0.2) is 0 Å². The molecule has 0 bridgehead atoms. The van der Waals surface area contributed by atoms with Crippen LogP contribution in [0.2, 0.25) is 0 Å². The predicted molar refractivity (Wildman–Crippen MR) is 94.0 cm³/mol. The minimum Gasteiger partial charge on any atom is -0.346 e. The maximum Gasteiger partial charge on any atom is 0.227 e. The Hall–Kier alpha value is -1.17. The summed E-state index contributed by atoms with van der Waals surface area (Å²) in [5, 5.41) is 10.8. The van der Waals surface area contributed by atoms with E-state index in [0.29, 0.717) is 5.91 Å². The normalized spacial score (nSPS) is 23.2. The first-order valence-corrected chi connectivity index (χ1v) is 9.64. The van der Waals surface area contributed by atoms with Crippen molar-refractivity contribution in [2.45, 2.75) is 58.3 Å². The van der Waals surface area contributed by atoms with Crippen LogP contribution in [0.1, 0.15) is 57.9 Å². The Balaban J connectivity index is 1.66. The van der Waals surface area contributed by atoms with Crippen LogP contribution in [0.4, 0.5) is 5.13 Å². The first kappa shape index (κ1) is 16.7. The van der Waals surface area contributed by atoms with Gasteiger partial charge in [0.2, 0.25) is 11.0 Å². The molecule has 2 saturated heterocycles. The third-order valence-electron chi connectivity index (χ3n) is 4.76. The zero-order valence-electron chi connectivity index (χ0n) is 14.5. The van der Waals surface area contributed by atoms with Crippen molar-refractivity contribution in [3.05, 3.63) is 5.01 Å². The zero-order chi connectivity index (χ0) is 16.4. The molecule has 0 saturated carbocycles. The van der Waals surface area contributed by atoms with E-state index in [-0.39, 0.29) is 11.3 Å².